The highest BCUT2D eigenvalue weighted by atomic mass is 16.2. The fourth-order valence-electron chi connectivity index (χ4n) is 4.78. The minimum Gasteiger partial charge on any atom is -0.326 e. The number of hydrogen-bond donors (Lipinski definition) is 1. The van der Waals surface area contributed by atoms with Crippen LogP contribution < -0.4 is 5.32 Å². The quantitative estimate of drug-likeness (QED) is 0.860. The molecule has 0 aliphatic heterocycles. The van der Waals surface area contributed by atoms with Crippen LogP contribution in [0.15, 0.2) is 18.2 Å². The zero-order valence-electron chi connectivity index (χ0n) is 11.6. The molecule has 2 heteroatoms. The molecule has 1 unspecified atom stereocenters. The smallest absolute Gasteiger partial charge is 0.228 e. The van der Waals surface area contributed by atoms with Crippen molar-refractivity contribution in [3.8, 4) is 0 Å². The van der Waals surface area contributed by atoms with Gasteiger partial charge in [0.1, 0.15) is 0 Å². The maximum Gasteiger partial charge on any atom is 0.228 e. The lowest BCUT2D eigenvalue weighted by Crippen LogP contribution is -2.19. The molecule has 1 N–H and O–H groups in total. The van der Waals surface area contributed by atoms with Gasteiger partial charge < -0.3 is 5.32 Å². The minimum atomic E-state index is 0.278. The fourth-order valence-corrected chi connectivity index (χ4v) is 4.78. The number of aryl methyl sites for hydroxylation is 1. The third kappa shape index (κ3) is 1.58. The van der Waals surface area contributed by atoms with Gasteiger partial charge in [-0.15, -0.1) is 0 Å². The molecule has 1 amide bonds. The molecule has 0 radical (unpaired) electrons. The Bertz CT molecular complexity index is 534. The monoisotopic (exact) mass is 255 g/mol. The average Bonchev–Trinajstić information content (AvgIpc) is 2.84. The second kappa shape index (κ2) is 3.84. The Morgan fingerprint density at radius 1 is 1.16 bits per heavy atom. The largest absolute Gasteiger partial charge is 0.326 e. The third-order valence-electron chi connectivity index (χ3n) is 5.90. The Labute approximate surface area is 114 Å². The Kier molecular flexibility index (Phi) is 2.33. The molecule has 3 aliphatic rings. The third-order valence-corrected chi connectivity index (χ3v) is 5.90. The van der Waals surface area contributed by atoms with E-state index in [2.05, 4.69) is 25.2 Å². The number of nitrogens with one attached hydrogen (secondary N) is 1. The number of carbonyl (C=O) groups is 1. The SMILES string of the molecule is Cc1cccc(NC(=O)C2[C@@H]3[C@H]4CC[C@H](C4)[C@H]23)c1C. The second-order valence-electron chi connectivity index (χ2n) is 6.75. The first-order valence-electron chi connectivity index (χ1n) is 7.54. The van der Waals surface area contributed by atoms with Crippen LogP contribution in [0, 0.1) is 43.4 Å². The van der Waals surface area contributed by atoms with Crippen LogP contribution in [0.3, 0.4) is 0 Å². The summed E-state index contributed by atoms with van der Waals surface area (Å²) in [5, 5.41) is 3.17. The zero-order valence-corrected chi connectivity index (χ0v) is 11.6. The van der Waals surface area contributed by atoms with E-state index in [1.165, 1.54) is 30.4 Å². The summed E-state index contributed by atoms with van der Waals surface area (Å²) >= 11 is 0. The van der Waals surface area contributed by atoms with Crippen molar-refractivity contribution in [3.05, 3.63) is 29.3 Å². The fraction of sp³-hybridized carbons (Fsp3) is 0.588. The number of fused-ring (bicyclic) bond motifs is 5. The van der Waals surface area contributed by atoms with Crippen LogP contribution in [0.25, 0.3) is 0 Å². The topological polar surface area (TPSA) is 29.1 Å². The first kappa shape index (κ1) is 11.5. The molecule has 0 heterocycles. The highest BCUT2D eigenvalue weighted by Gasteiger charge is 2.67. The summed E-state index contributed by atoms with van der Waals surface area (Å²) in [6, 6.07) is 6.14. The zero-order chi connectivity index (χ0) is 13.1. The molecular formula is C17H21NO. The van der Waals surface area contributed by atoms with Crippen molar-refractivity contribution in [1.82, 2.24) is 0 Å². The molecular weight excluding hydrogens is 234 g/mol. The predicted molar refractivity (Wildman–Crippen MR) is 75.8 cm³/mol. The molecule has 3 saturated carbocycles. The Balaban J connectivity index is 1.50. The van der Waals surface area contributed by atoms with E-state index in [4.69, 9.17) is 0 Å². The standard InChI is InChI=1S/C17H21NO/c1-9-4-3-5-13(10(9)2)18-17(19)16-14-11-6-7-12(8-11)15(14)16/h3-5,11-12,14-16H,6-8H2,1-2H3,(H,18,19)/t11-,12+,14+,15-,16?. The first-order valence-corrected chi connectivity index (χ1v) is 7.54. The van der Waals surface area contributed by atoms with Crippen LogP contribution in [0.4, 0.5) is 5.69 Å². The van der Waals surface area contributed by atoms with E-state index < -0.39 is 0 Å². The van der Waals surface area contributed by atoms with Crippen LogP contribution in [0.2, 0.25) is 0 Å². The normalized spacial score (nSPS) is 38.1. The molecule has 1 aromatic rings. The van der Waals surface area contributed by atoms with Crippen molar-refractivity contribution >= 4 is 11.6 Å². The van der Waals surface area contributed by atoms with E-state index in [0.29, 0.717) is 5.92 Å². The van der Waals surface area contributed by atoms with Gasteiger partial charge in [0, 0.05) is 11.6 Å². The molecule has 1 aromatic carbocycles. The van der Waals surface area contributed by atoms with Gasteiger partial charge in [-0.05, 0) is 74.0 Å². The van der Waals surface area contributed by atoms with Gasteiger partial charge in [0.05, 0.1) is 0 Å². The van der Waals surface area contributed by atoms with E-state index in [9.17, 15) is 4.79 Å². The van der Waals surface area contributed by atoms with Gasteiger partial charge in [-0.1, -0.05) is 12.1 Å². The molecule has 19 heavy (non-hydrogen) atoms. The van der Waals surface area contributed by atoms with E-state index in [0.717, 1.165) is 29.4 Å². The Morgan fingerprint density at radius 2 is 1.84 bits per heavy atom. The van der Waals surface area contributed by atoms with Gasteiger partial charge in [-0.25, -0.2) is 0 Å². The van der Waals surface area contributed by atoms with Crippen molar-refractivity contribution in [2.24, 2.45) is 29.6 Å². The summed E-state index contributed by atoms with van der Waals surface area (Å²) in [7, 11) is 0. The molecule has 3 fully saturated rings. The van der Waals surface area contributed by atoms with Crippen molar-refractivity contribution in [2.45, 2.75) is 33.1 Å². The molecule has 100 valence electrons. The van der Waals surface area contributed by atoms with Crippen molar-refractivity contribution in [2.75, 3.05) is 5.32 Å². The van der Waals surface area contributed by atoms with Gasteiger partial charge in [-0.3, -0.25) is 4.79 Å². The van der Waals surface area contributed by atoms with Gasteiger partial charge in [-0.2, -0.15) is 0 Å². The van der Waals surface area contributed by atoms with Gasteiger partial charge in [0.2, 0.25) is 5.91 Å². The summed E-state index contributed by atoms with van der Waals surface area (Å²) in [5.74, 6) is 3.79. The molecule has 0 spiro atoms. The highest BCUT2D eigenvalue weighted by molar-refractivity contribution is 5.95. The molecule has 5 atom stereocenters. The van der Waals surface area contributed by atoms with E-state index >= 15 is 0 Å². The highest BCUT2D eigenvalue weighted by Crippen LogP contribution is 2.69. The number of amides is 1. The first-order chi connectivity index (χ1) is 9.16. The average molecular weight is 255 g/mol. The molecule has 2 nitrogen and oxygen atoms in total. The molecule has 4 rings (SSSR count). The van der Waals surface area contributed by atoms with Gasteiger partial charge in [0.25, 0.3) is 0 Å². The molecule has 3 aliphatic carbocycles. The van der Waals surface area contributed by atoms with Crippen molar-refractivity contribution in [3.63, 3.8) is 0 Å². The maximum atomic E-state index is 12.5. The predicted octanol–water partition coefficient (Wildman–Crippen LogP) is 3.53. The molecule has 2 bridgehead atoms. The summed E-state index contributed by atoms with van der Waals surface area (Å²) < 4.78 is 0. The number of rotatable bonds is 2. The molecule has 0 aromatic heterocycles. The van der Waals surface area contributed by atoms with Gasteiger partial charge >= 0.3 is 0 Å². The van der Waals surface area contributed by atoms with Crippen LogP contribution in [-0.4, -0.2) is 5.91 Å². The van der Waals surface area contributed by atoms with E-state index in [-0.39, 0.29) is 5.91 Å². The van der Waals surface area contributed by atoms with Crippen LogP contribution >= 0.6 is 0 Å². The number of anilines is 1. The van der Waals surface area contributed by atoms with E-state index in [1.54, 1.807) is 0 Å². The summed E-state index contributed by atoms with van der Waals surface area (Å²) in [4.78, 5) is 12.5. The lowest BCUT2D eigenvalue weighted by Gasteiger charge is -2.12. The summed E-state index contributed by atoms with van der Waals surface area (Å²) in [6.45, 7) is 4.18. The van der Waals surface area contributed by atoms with Crippen LogP contribution in [0.1, 0.15) is 30.4 Å². The van der Waals surface area contributed by atoms with E-state index in [1.807, 2.05) is 12.1 Å². The maximum absolute atomic E-state index is 12.5. The lowest BCUT2D eigenvalue weighted by atomic mass is 10.0. The number of hydrogen-bond acceptors (Lipinski definition) is 1. The summed E-state index contributed by atoms with van der Waals surface area (Å²) in [6.07, 6.45) is 4.15. The minimum absolute atomic E-state index is 0.278. The van der Waals surface area contributed by atoms with Crippen LogP contribution in [0.5, 0.6) is 0 Å². The number of benzene rings is 1. The molecule has 0 saturated heterocycles. The number of carbonyl (C=O) groups excluding carboxylic acids is 1. The van der Waals surface area contributed by atoms with Crippen molar-refractivity contribution < 1.29 is 4.79 Å². The second-order valence-corrected chi connectivity index (χ2v) is 6.75. The van der Waals surface area contributed by atoms with Gasteiger partial charge in [0.15, 0.2) is 0 Å². The van der Waals surface area contributed by atoms with Crippen LogP contribution in [-0.2, 0) is 4.79 Å². The Hall–Kier alpha value is -1.31. The van der Waals surface area contributed by atoms with Crippen molar-refractivity contribution in [1.29, 1.82) is 0 Å². The lowest BCUT2D eigenvalue weighted by molar-refractivity contribution is -0.118. The Morgan fingerprint density at radius 3 is 2.53 bits per heavy atom. The summed E-state index contributed by atoms with van der Waals surface area (Å²) in [5.41, 5.74) is 3.45.